The van der Waals surface area contributed by atoms with E-state index in [1.54, 1.807) is 13.8 Å². The monoisotopic (exact) mass is 374 g/mol. The topological polar surface area (TPSA) is 174 Å². The van der Waals surface area contributed by atoms with Crippen LogP contribution in [0.5, 0.6) is 5.75 Å². The number of aromatic hydroxyl groups is 1. The third-order valence-electron chi connectivity index (χ3n) is 3.78. The van der Waals surface area contributed by atoms with Crippen molar-refractivity contribution in [1.82, 2.24) is 15.0 Å². The molecule has 0 radical (unpaired) electrons. The summed E-state index contributed by atoms with van der Waals surface area (Å²) in [6.45, 7) is 3.27. The van der Waals surface area contributed by atoms with Crippen molar-refractivity contribution in [3.05, 3.63) is 29.2 Å². The summed E-state index contributed by atoms with van der Waals surface area (Å²) < 4.78 is 0. The molecule has 3 rings (SSSR count). The molecule has 136 valence electrons. The van der Waals surface area contributed by atoms with E-state index in [1.807, 2.05) is 0 Å². The van der Waals surface area contributed by atoms with Crippen molar-refractivity contribution in [2.24, 2.45) is 11.5 Å². The fourth-order valence-electron chi connectivity index (χ4n) is 2.44. The van der Waals surface area contributed by atoms with E-state index in [0.717, 1.165) is 11.3 Å². The number of rotatable bonds is 4. The maximum Gasteiger partial charge on any atom is 0.260 e. The van der Waals surface area contributed by atoms with Crippen LogP contribution in [0.4, 0.5) is 5.69 Å². The van der Waals surface area contributed by atoms with Crippen molar-refractivity contribution in [3.8, 4) is 17.0 Å². The van der Waals surface area contributed by atoms with Gasteiger partial charge in [0.1, 0.15) is 21.6 Å². The van der Waals surface area contributed by atoms with E-state index < -0.39 is 17.6 Å². The number of hydrogen-bond acceptors (Lipinski definition) is 9. The average Bonchev–Trinajstić information content (AvgIpc) is 2.89. The predicted octanol–water partition coefficient (Wildman–Crippen LogP) is 0.911. The highest BCUT2D eigenvalue weighted by Gasteiger charge is 2.30. The Morgan fingerprint density at radius 2 is 2.00 bits per heavy atom. The van der Waals surface area contributed by atoms with Gasteiger partial charge in [0.05, 0.1) is 23.0 Å². The van der Waals surface area contributed by atoms with Crippen LogP contribution in [0.1, 0.15) is 35.4 Å². The summed E-state index contributed by atoms with van der Waals surface area (Å²) in [4.78, 5) is 24.8. The quantitative estimate of drug-likeness (QED) is 0.448. The molecule has 0 bridgehead atoms. The van der Waals surface area contributed by atoms with Gasteiger partial charge in [0.25, 0.3) is 5.91 Å². The van der Waals surface area contributed by atoms with Crippen LogP contribution < -0.4 is 17.2 Å². The predicted molar refractivity (Wildman–Crippen MR) is 98.5 cm³/mol. The van der Waals surface area contributed by atoms with Crippen molar-refractivity contribution in [2.75, 3.05) is 5.73 Å². The molecule has 1 unspecified atom stereocenters. The summed E-state index contributed by atoms with van der Waals surface area (Å²) in [7, 11) is 0. The molecule has 26 heavy (non-hydrogen) atoms. The highest BCUT2D eigenvalue weighted by Crippen LogP contribution is 2.39. The van der Waals surface area contributed by atoms with Crippen LogP contribution in [-0.2, 0) is 0 Å². The van der Waals surface area contributed by atoms with E-state index in [1.165, 1.54) is 18.5 Å². The Morgan fingerprint density at radius 3 is 2.58 bits per heavy atom. The first kappa shape index (κ1) is 18.0. The minimum Gasteiger partial charge on any atom is -0.506 e. The molecular formula is C16H18N6O3S. The van der Waals surface area contributed by atoms with E-state index in [4.69, 9.17) is 17.2 Å². The van der Waals surface area contributed by atoms with Crippen LogP contribution >= 0.6 is 11.3 Å². The number of thiophene rings is 1. The Bertz CT molecular complexity index is 1010. The first-order valence-electron chi connectivity index (χ1n) is 7.60. The van der Waals surface area contributed by atoms with Crippen molar-refractivity contribution >= 4 is 33.1 Å². The molecule has 0 saturated heterocycles. The lowest BCUT2D eigenvalue weighted by molar-refractivity contribution is 0.0964. The van der Waals surface area contributed by atoms with E-state index in [-0.39, 0.29) is 22.1 Å². The van der Waals surface area contributed by atoms with Crippen LogP contribution in [0.2, 0.25) is 0 Å². The van der Waals surface area contributed by atoms with Crippen molar-refractivity contribution in [2.45, 2.75) is 25.5 Å². The number of aliphatic hydroxyl groups is 1. The van der Waals surface area contributed by atoms with Crippen LogP contribution in [-0.4, -0.2) is 36.6 Å². The van der Waals surface area contributed by atoms with Gasteiger partial charge in [0.2, 0.25) is 0 Å². The molecule has 0 spiro atoms. The molecule has 0 aliphatic heterocycles. The zero-order valence-corrected chi connectivity index (χ0v) is 14.9. The number of nitrogen functional groups attached to an aromatic ring is 1. The number of aromatic nitrogens is 3. The number of carbonyl (C=O) groups is 1. The van der Waals surface area contributed by atoms with E-state index in [9.17, 15) is 15.0 Å². The summed E-state index contributed by atoms with van der Waals surface area (Å²) in [6, 6.07) is 1.44. The van der Waals surface area contributed by atoms with Crippen LogP contribution in [0.15, 0.2) is 18.5 Å². The zero-order valence-electron chi connectivity index (χ0n) is 14.1. The van der Waals surface area contributed by atoms with Gasteiger partial charge in [-0.15, -0.1) is 11.3 Å². The van der Waals surface area contributed by atoms with Gasteiger partial charge >= 0.3 is 0 Å². The molecule has 1 atom stereocenters. The van der Waals surface area contributed by atoms with Crippen LogP contribution in [0, 0.1) is 0 Å². The molecule has 3 aromatic heterocycles. The first-order valence-corrected chi connectivity index (χ1v) is 8.42. The highest BCUT2D eigenvalue weighted by atomic mass is 32.1. The molecule has 3 heterocycles. The Morgan fingerprint density at radius 1 is 1.31 bits per heavy atom. The van der Waals surface area contributed by atoms with Gasteiger partial charge in [0, 0.05) is 17.3 Å². The zero-order chi connectivity index (χ0) is 19.2. The number of nitrogens with two attached hydrogens (primary N) is 3. The Labute approximate surface area is 152 Å². The van der Waals surface area contributed by atoms with E-state index in [2.05, 4.69) is 15.0 Å². The number of amides is 1. The molecule has 10 heteroatoms. The third-order valence-corrected chi connectivity index (χ3v) is 4.89. The molecule has 0 aromatic carbocycles. The largest absolute Gasteiger partial charge is 0.506 e. The Balaban J connectivity index is 2.37. The maximum atomic E-state index is 11.7. The lowest BCUT2D eigenvalue weighted by atomic mass is 9.98. The van der Waals surface area contributed by atoms with Gasteiger partial charge in [-0.1, -0.05) is 0 Å². The number of primary amides is 1. The summed E-state index contributed by atoms with van der Waals surface area (Å²) in [5.41, 5.74) is 17.3. The van der Waals surface area contributed by atoms with Gasteiger partial charge in [-0.3, -0.25) is 9.78 Å². The van der Waals surface area contributed by atoms with Gasteiger partial charge in [0.15, 0.2) is 5.82 Å². The fraction of sp³-hybridized carbons (Fsp3) is 0.250. The molecule has 0 fully saturated rings. The lowest BCUT2D eigenvalue weighted by Gasteiger charge is -2.24. The van der Waals surface area contributed by atoms with Crippen LogP contribution in [0.25, 0.3) is 21.5 Å². The molecule has 9 nitrogen and oxygen atoms in total. The number of pyridine rings is 1. The van der Waals surface area contributed by atoms with Crippen LogP contribution in [0.3, 0.4) is 0 Å². The standard InChI is InChI=1S/C16H18N6O3S/c1-16(2,19)12(24)14-21-10(6-3-7(23)5-20-4-6)8-9(17)11(13(18)25)26-15(8)22-14/h3-5,12,23-24H,17,19H2,1-2H3,(H2,18,25). The smallest absolute Gasteiger partial charge is 0.260 e. The SMILES string of the molecule is CC(C)(N)C(O)c1nc(-c2cncc(O)c2)c2c(N)c(C(N)=O)sc2n1. The number of fused-ring (bicyclic) bond motifs is 1. The molecule has 0 aliphatic rings. The molecule has 1 amide bonds. The summed E-state index contributed by atoms with van der Waals surface area (Å²) in [5, 5.41) is 20.6. The van der Waals surface area contributed by atoms with Gasteiger partial charge in [-0.05, 0) is 19.9 Å². The van der Waals surface area contributed by atoms with Crippen molar-refractivity contribution in [1.29, 1.82) is 0 Å². The minimum absolute atomic E-state index is 0.0700. The van der Waals surface area contributed by atoms with E-state index >= 15 is 0 Å². The maximum absolute atomic E-state index is 11.7. The molecule has 0 aliphatic carbocycles. The van der Waals surface area contributed by atoms with E-state index in [0.29, 0.717) is 21.5 Å². The lowest BCUT2D eigenvalue weighted by Crippen LogP contribution is -2.40. The molecule has 0 saturated carbocycles. The third kappa shape index (κ3) is 3.05. The second-order valence-electron chi connectivity index (χ2n) is 6.48. The Hall–Kier alpha value is -2.82. The summed E-state index contributed by atoms with van der Waals surface area (Å²) in [5.74, 6) is -0.688. The van der Waals surface area contributed by atoms with Crippen molar-refractivity contribution < 1.29 is 15.0 Å². The normalized spacial score (nSPS) is 13.1. The second kappa shape index (κ2) is 6.16. The Kier molecular flexibility index (Phi) is 4.26. The van der Waals surface area contributed by atoms with Gasteiger partial charge in [-0.2, -0.15) is 0 Å². The average molecular weight is 374 g/mol. The highest BCUT2D eigenvalue weighted by molar-refractivity contribution is 7.21. The number of carbonyl (C=O) groups excluding carboxylic acids is 1. The summed E-state index contributed by atoms with van der Waals surface area (Å²) in [6.07, 6.45) is 1.58. The number of aliphatic hydroxyl groups excluding tert-OH is 1. The molecule has 3 aromatic rings. The summed E-state index contributed by atoms with van der Waals surface area (Å²) >= 11 is 1.00. The van der Waals surface area contributed by atoms with Gasteiger partial charge < -0.3 is 27.4 Å². The molecular weight excluding hydrogens is 356 g/mol. The molecule has 8 N–H and O–H groups in total. The number of nitrogens with zero attached hydrogens (tertiary/aromatic N) is 3. The van der Waals surface area contributed by atoms with Gasteiger partial charge in [-0.25, -0.2) is 9.97 Å². The second-order valence-corrected chi connectivity index (χ2v) is 7.47. The first-order chi connectivity index (χ1) is 12.1. The fourth-order valence-corrected chi connectivity index (χ4v) is 3.40. The number of anilines is 1. The van der Waals surface area contributed by atoms with Crippen molar-refractivity contribution in [3.63, 3.8) is 0 Å². The number of hydrogen-bond donors (Lipinski definition) is 5. The minimum atomic E-state index is -1.17.